The Kier molecular flexibility index (Phi) is 5.32. The summed E-state index contributed by atoms with van der Waals surface area (Å²) in [5, 5.41) is 10.8. The van der Waals surface area contributed by atoms with E-state index in [1.54, 1.807) is 0 Å². The van der Waals surface area contributed by atoms with Gasteiger partial charge in [-0.3, -0.25) is 4.79 Å². The molecule has 1 atom stereocenters. The van der Waals surface area contributed by atoms with Crippen LogP contribution in [0, 0.1) is 12.3 Å². The lowest BCUT2D eigenvalue weighted by Crippen LogP contribution is -2.42. The number of aliphatic carboxylic acids is 1. The second kappa shape index (κ2) is 6.03. The van der Waals surface area contributed by atoms with Crippen LogP contribution in [-0.2, 0) is 14.3 Å². The Labute approximate surface area is 76.1 Å². The van der Waals surface area contributed by atoms with Gasteiger partial charge in [-0.2, -0.15) is 0 Å². The highest BCUT2D eigenvalue weighted by Crippen LogP contribution is 1.90. The third-order valence-corrected chi connectivity index (χ3v) is 1.23. The molecule has 2 N–H and O–H groups in total. The molecule has 0 heterocycles. The van der Waals surface area contributed by atoms with Crippen molar-refractivity contribution in [1.29, 1.82) is 0 Å². The van der Waals surface area contributed by atoms with Gasteiger partial charge < -0.3 is 15.2 Å². The first kappa shape index (κ1) is 11.5. The van der Waals surface area contributed by atoms with Crippen molar-refractivity contribution < 1.29 is 19.4 Å². The minimum atomic E-state index is -1.15. The largest absolute Gasteiger partial charge is 0.480 e. The molecule has 0 aromatic carbocycles. The second-order valence-electron chi connectivity index (χ2n) is 2.30. The maximum absolute atomic E-state index is 10.9. The summed E-state index contributed by atoms with van der Waals surface area (Å²) in [5.41, 5.74) is 0. The number of methoxy groups -OCH3 is 1. The quantitative estimate of drug-likeness (QED) is 0.551. The van der Waals surface area contributed by atoms with Crippen molar-refractivity contribution in [2.24, 2.45) is 0 Å². The number of carbonyl (C=O) groups is 2. The molecular weight excluding hydrogens is 174 g/mol. The van der Waals surface area contributed by atoms with Crippen molar-refractivity contribution in [3.05, 3.63) is 0 Å². The standard InChI is InChI=1S/C8H11NO4/c1-3-4-6(8(11)12)9-7(10)5-13-2/h1,6H,4-5H2,2H3,(H,9,10)(H,11,12)/t6-/m1/s1. The second-order valence-corrected chi connectivity index (χ2v) is 2.30. The molecule has 1 amide bonds. The number of ether oxygens (including phenoxy) is 1. The molecule has 0 saturated heterocycles. The predicted molar refractivity (Wildman–Crippen MR) is 44.9 cm³/mol. The van der Waals surface area contributed by atoms with E-state index in [2.05, 4.69) is 16.0 Å². The first-order valence-corrected chi connectivity index (χ1v) is 3.56. The maximum atomic E-state index is 10.9. The number of carboxylic acid groups (broad SMARTS) is 1. The number of nitrogens with one attached hydrogen (secondary N) is 1. The van der Waals surface area contributed by atoms with E-state index >= 15 is 0 Å². The monoisotopic (exact) mass is 185 g/mol. The van der Waals surface area contributed by atoms with Gasteiger partial charge in [0.2, 0.25) is 5.91 Å². The zero-order valence-corrected chi connectivity index (χ0v) is 7.24. The van der Waals surface area contributed by atoms with Crippen LogP contribution in [0.4, 0.5) is 0 Å². The highest BCUT2D eigenvalue weighted by Gasteiger charge is 2.17. The number of carbonyl (C=O) groups excluding carboxylic acids is 1. The van der Waals surface area contributed by atoms with E-state index in [9.17, 15) is 9.59 Å². The van der Waals surface area contributed by atoms with Crippen LogP contribution in [0.5, 0.6) is 0 Å². The van der Waals surface area contributed by atoms with Gasteiger partial charge >= 0.3 is 5.97 Å². The molecule has 0 rings (SSSR count). The summed E-state index contributed by atoms with van der Waals surface area (Å²) >= 11 is 0. The van der Waals surface area contributed by atoms with Crippen molar-refractivity contribution in [3.8, 4) is 12.3 Å². The fourth-order valence-corrected chi connectivity index (χ4v) is 0.685. The van der Waals surface area contributed by atoms with Gasteiger partial charge in [0.1, 0.15) is 12.6 Å². The molecule has 0 aromatic heterocycles. The van der Waals surface area contributed by atoms with Crippen LogP contribution in [0.3, 0.4) is 0 Å². The molecule has 0 aromatic rings. The van der Waals surface area contributed by atoms with Crippen LogP contribution < -0.4 is 5.32 Å². The Morgan fingerprint density at radius 2 is 2.31 bits per heavy atom. The number of hydrogen-bond donors (Lipinski definition) is 2. The summed E-state index contributed by atoms with van der Waals surface area (Å²) in [4.78, 5) is 21.3. The van der Waals surface area contributed by atoms with E-state index in [4.69, 9.17) is 11.5 Å². The smallest absolute Gasteiger partial charge is 0.327 e. The molecule has 0 fully saturated rings. The van der Waals surface area contributed by atoms with Crippen molar-refractivity contribution in [2.75, 3.05) is 13.7 Å². The summed E-state index contributed by atoms with van der Waals surface area (Å²) in [6.45, 7) is -0.172. The van der Waals surface area contributed by atoms with Gasteiger partial charge in [-0.1, -0.05) is 0 Å². The van der Waals surface area contributed by atoms with Gasteiger partial charge in [0.25, 0.3) is 0 Å². The van der Waals surface area contributed by atoms with Crippen LogP contribution >= 0.6 is 0 Å². The summed E-state index contributed by atoms with van der Waals surface area (Å²) in [6, 6.07) is -1.03. The number of hydrogen-bond acceptors (Lipinski definition) is 3. The van der Waals surface area contributed by atoms with Crippen LogP contribution in [0.1, 0.15) is 6.42 Å². The minimum Gasteiger partial charge on any atom is -0.480 e. The van der Waals surface area contributed by atoms with Crippen LogP contribution in [0.15, 0.2) is 0 Å². The molecule has 0 saturated carbocycles. The molecule has 13 heavy (non-hydrogen) atoms. The molecule has 0 aliphatic carbocycles. The Morgan fingerprint density at radius 3 is 2.69 bits per heavy atom. The predicted octanol–water partition coefficient (Wildman–Crippen LogP) is -0.774. The van der Waals surface area contributed by atoms with Gasteiger partial charge in [0.15, 0.2) is 0 Å². The van der Waals surface area contributed by atoms with Gasteiger partial charge in [0.05, 0.1) is 0 Å². The van der Waals surface area contributed by atoms with Gasteiger partial charge in [-0.05, 0) is 0 Å². The van der Waals surface area contributed by atoms with Crippen molar-refractivity contribution in [3.63, 3.8) is 0 Å². The first-order valence-electron chi connectivity index (χ1n) is 3.56. The van der Waals surface area contributed by atoms with Crippen LogP contribution in [0.25, 0.3) is 0 Å². The van der Waals surface area contributed by atoms with E-state index < -0.39 is 17.9 Å². The zero-order valence-electron chi connectivity index (χ0n) is 7.24. The minimum absolute atomic E-state index is 0.0369. The topological polar surface area (TPSA) is 75.6 Å². The summed E-state index contributed by atoms with van der Waals surface area (Å²) in [6.07, 6.45) is 4.88. The third-order valence-electron chi connectivity index (χ3n) is 1.23. The van der Waals surface area contributed by atoms with E-state index in [0.717, 1.165) is 0 Å². The Hall–Kier alpha value is -1.54. The molecular formula is C8H11NO4. The van der Waals surface area contributed by atoms with E-state index in [1.165, 1.54) is 7.11 Å². The molecule has 0 radical (unpaired) electrons. The van der Waals surface area contributed by atoms with Crippen molar-refractivity contribution in [1.82, 2.24) is 5.32 Å². The fraction of sp³-hybridized carbons (Fsp3) is 0.500. The van der Waals surface area contributed by atoms with Gasteiger partial charge in [-0.15, -0.1) is 12.3 Å². The number of carboxylic acids is 1. The first-order chi connectivity index (χ1) is 6.11. The van der Waals surface area contributed by atoms with Crippen molar-refractivity contribution in [2.45, 2.75) is 12.5 Å². The molecule has 72 valence electrons. The number of rotatable bonds is 5. The SMILES string of the molecule is C#CC[C@@H](NC(=O)COC)C(=O)O. The van der Waals surface area contributed by atoms with E-state index in [0.29, 0.717) is 0 Å². The highest BCUT2D eigenvalue weighted by atomic mass is 16.5. The summed E-state index contributed by atoms with van der Waals surface area (Å²) in [7, 11) is 1.34. The van der Waals surface area contributed by atoms with Crippen molar-refractivity contribution >= 4 is 11.9 Å². The molecule has 0 bridgehead atoms. The molecule has 0 aliphatic heterocycles. The molecule has 0 aliphatic rings. The fourth-order valence-electron chi connectivity index (χ4n) is 0.685. The van der Waals surface area contributed by atoms with Crippen LogP contribution in [-0.4, -0.2) is 36.7 Å². The average molecular weight is 185 g/mol. The maximum Gasteiger partial charge on any atom is 0.327 e. The van der Waals surface area contributed by atoms with Gasteiger partial charge in [-0.25, -0.2) is 4.79 Å². The molecule has 5 heteroatoms. The Bertz CT molecular complexity index is 231. The summed E-state index contributed by atoms with van der Waals surface area (Å²) < 4.78 is 4.51. The molecule has 0 spiro atoms. The Morgan fingerprint density at radius 1 is 1.69 bits per heavy atom. The Balaban J connectivity index is 4.03. The lowest BCUT2D eigenvalue weighted by molar-refractivity contribution is -0.142. The number of amides is 1. The summed E-state index contributed by atoms with van der Waals surface area (Å²) in [5.74, 6) is 0.514. The normalized spacial score (nSPS) is 11.4. The van der Waals surface area contributed by atoms with E-state index in [-0.39, 0.29) is 13.0 Å². The third kappa shape index (κ3) is 4.82. The molecule has 5 nitrogen and oxygen atoms in total. The lowest BCUT2D eigenvalue weighted by atomic mass is 10.2. The lowest BCUT2D eigenvalue weighted by Gasteiger charge is -2.10. The van der Waals surface area contributed by atoms with Gasteiger partial charge in [0, 0.05) is 13.5 Å². The van der Waals surface area contributed by atoms with E-state index in [1.807, 2.05) is 0 Å². The zero-order chi connectivity index (χ0) is 10.3. The average Bonchev–Trinajstić information content (AvgIpc) is 2.04. The van der Waals surface area contributed by atoms with Crippen LogP contribution in [0.2, 0.25) is 0 Å². The highest BCUT2D eigenvalue weighted by molar-refractivity contribution is 5.84. The number of terminal acetylenes is 1. The molecule has 0 unspecified atom stereocenters.